The summed E-state index contributed by atoms with van der Waals surface area (Å²) in [6.07, 6.45) is 8.29. The van der Waals surface area contributed by atoms with Crippen molar-refractivity contribution in [3.8, 4) is 0 Å². The van der Waals surface area contributed by atoms with Gasteiger partial charge in [-0.05, 0) is 41.1 Å². The van der Waals surface area contributed by atoms with Crippen molar-refractivity contribution in [1.29, 1.82) is 0 Å². The van der Waals surface area contributed by atoms with Gasteiger partial charge in [0.1, 0.15) is 12.4 Å². The number of carbonyl (C=O) groups excluding carboxylic acids is 2. The second-order valence-electron chi connectivity index (χ2n) is 6.54. The Kier molecular flexibility index (Phi) is 5.98. The Morgan fingerprint density at radius 1 is 1.13 bits per heavy atom. The zero-order valence-electron chi connectivity index (χ0n) is 16.5. The molecule has 0 saturated heterocycles. The molecule has 4 aromatic rings. The number of amides is 2. The molecule has 0 aliphatic heterocycles. The van der Waals surface area contributed by atoms with E-state index in [2.05, 4.69) is 41.9 Å². The van der Waals surface area contributed by atoms with Crippen molar-refractivity contribution in [2.75, 3.05) is 5.32 Å². The zero-order valence-corrected chi connectivity index (χ0v) is 18.1. The van der Waals surface area contributed by atoms with Crippen molar-refractivity contribution < 1.29 is 14.0 Å². The summed E-state index contributed by atoms with van der Waals surface area (Å²) in [6.45, 7) is 3.00. The second kappa shape index (κ2) is 9.00. The van der Waals surface area contributed by atoms with E-state index in [0.717, 1.165) is 4.47 Å². The van der Waals surface area contributed by atoms with E-state index in [1.54, 1.807) is 57.0 Å². The van der Waals surface area contributed by atoms with Crippen LogP contribution in [0, 0.1) is 0 Å². The molecule has 0 radical (unpaired) electrons. The third-order valence-electron chi connectivity index (χ3n) is 4.32. The Morgan fingerprint density at radius 2 is 2.00 bits per heavy atom. The highest BCUT2D eigenvalue weighted by atomic mass is 79.9. The molecule has 4 heterocycles. The molecule has 0 aliphatic rings. The highest BCUT2D eigenvalue weighted by molar-refractivity contribution is 9.10. The highest BCUT2D eigenvalue weighted by Crippen LogP contribution is 2.16. The lowest BCUT2D eigenvalue weighted by Crippen LogP contribution is -2.25. The van der Waals surface area contributed by atoms with Gasteiger partial charge in [0.05, 0.1) is 29.2 Å². The van der Waals surface area contributed by atoms with Gasteiger partial charge in [0.25, 0.3) is 11.8 Å². The number of nitrogens with one attached hydrogen (secondary N) is 2. The van der Waals surface area contributed by atoms with Crippen molar-refractivity contribution in [3.63, 3.8) is 0 Å². The molecule has 2 amide bonds. The molecule has 0 bridgehead atoms. The number of aryl methyl sites for hydroxylation is 1. The second-order valence-corrected chi connectivity index (χ2v) is 7.46. The topological polar surface area (TPSA) is 125 Å². The van der Waals surface area contributed by atoms with Crippen molar-refractivity contribution >= 4 is 33.4 Å². The summed E-state index contributed by atoms with van der Waals surface area (Å²) in [4.78, 5) is 25.3. The van der Waals surface area contributed by atoms with Crippen LogP contribution in [0.4, 0.5) is 5.69 Å². The molecular weight excluding hydrogens is 468 g/mol. The van der Waals surface area contributed by atoms with E-state index in [-0.39, 0.29) is 17.9 Å². The van der Waals surface area contributed by atoms with Crippen LogP contribution in [0.25, 0.3) is 0 Å². The molecule has 4 aromatic heterocycles. The van der Waals surface area contributed by atoms with Gasteiger partial charge >= 0.3 is 0 Å². The lowest BCUT2D eigenvalue weighted by atomic mass is 10.3. The average molecular weight is 487 g/mol. The first-order valence-electron chi connectivity index (χ1n) is 9.42. The molecule has 0 fully saturated rings. The largest absolute Gasteiger partial charge is 0.467 e. The third-order valence-corrected chi connectivity index (χ3v) is 4.73. The Labute approximate surface area is 185 Å². The molecule has 0 saturated carbocycles. The van der Waals surface area contributed by atoms with Crippen LogP contribution in [0.15, 0.2) is 58.1 Å². The van der Waals surface area contributed by atoms with Gasteiger partial charge in [0.2, 0.25) is 0 Å². The molecule has 31 heavy (non-hydrogen) atoms. The quantitative estimate of drug-likeness (QED) is 0.393. The Hall–Kier alpha value is -3.67. The number of carbonyl (C=O) groups is 2. The smallest absolute Gasteiger partial charge is 0.276 e. The lowest BCUT2D eigenvalue weighted by Gasteiger charge is -2.05. The van der Waals surface area contributed by atoms with Crippen LogP contribution in [0.1, 0.15) is 33.7 Å². The molecule has 0 aromatic carbocycles. The standard InChI is InChI=1S/C19H19BrN8O3/c1-2-26-11-16(17(25-26)19(30)21-9-14-4-3-7-31-14)23-18(29)15-5-6-27(24-15)12-28-10-13(20)8-22-28/h3-8,10-11H,2,9,12H2,1H3,(H,21,30)(H,23,29). The maximum atomic E-state index is 12.7. The number of rotatable bonds is 8. The Balaban J connectivity index is 1.45. The molecule has 160 valence electrons. The average Bonchev–Trinajstić information content (AvgIpc) is 3.54. The van der Waals surface area contributed by atoms with Crippen LogP contribution in [0.5, 0.6) is 0 Å². The number of hydrogen-bond acceptors (Lipinski definition) is 6. The lowest BCUT2D eigenvalue weighted by molar-refractivity contribution is 0.0943. The van der Waals surface area contributed by atoms with E-state index >= 15 is 0 Å². The van der Waals surface area contributed by atoms with Crippen LogP contribution < -0.4 is 10.6 Å². The molecule has 0 unspecified atom stereocenters. The molecule has 12 heteroatoms. The molecular formula is C19H19BrN8O3. The minimum absolute atomic E-state index is 0.114. The minimum atomic E-state index is -0.448. The number of anilines is 1. The monoisotopic (exact) mass is 486 g/mol. The fourth-order valence-corrected chi connectivity index (χ4v) is 3.15. The number of hydrogen-bond donors (Lipinski definition) is 2. The van der Waals surface area contributed by atoms with Crippen LogP contribution in [0.3, 0.4) is 0 Å². The molecule has 4 rings (SSSR count). The van der Waals surface area contributed by atoms with Crippen LogP contribution >= 0.6 is 15.9 Å². The van der Waals surface area contributed by atoms with Crippen molar-refractivity contribution in [3.05, 3.63) is 70.9 Å². The Morgan fingerprint density at radius 3 is 2.71 bits per heavy atom. The number of halogens is 1. The first-order chi connectivity index (χ1) is 15.0. The highest BCUT2D eigenvalue weighted by Gasteiger charge is 2.20. The molecule has 0 aliphatic carbocycles. The summed E-state index contributed by atoms with van der Waals surface area (Å²) < 4.78 is 10.9. The predicted octanol–water partition coefficient (Wildman–Crippen LogP) is 2.34. The maximum absolute atomic E-state index is 12.7. The van der Waals surface area contributed by atoms with Crippen LogP contribution in [0.2, 0.25) is 0 Å². The number of aromatic nitrogens is 6. The first-order valence-corrected chi connectivity index (χ1v) is 10.2. The van der Waals surface area contributed by atoms with Gasteiger partial charge < -0.3 is 15.1 Å². The molecule has 0 spiro atoms. The van der Waals surface area contributed by atoms with Crippen molar-refractivity contribution in [2.24, 2.45) is 0 Å². The van der Waals surface area contributed by atoms with Crippen molar-refractivity contribution in [1.82, 2.24) is 34.7 Å². The number of furan rings is 1. The summed E-state index contributed by atoms with van der Waals surface area (Å²) in [5.41, 5.74) is 0.620. The normalized spacial score (nSPS) is 10.9. The zero-order chi connectivity index (χ0) is 21.8. The molecule has 2 N–H and O–H groups in total. The summed E-state index contributed by atoms with van der Waals surface area (Å²) >= 11 is 3.34. The fraction of sp³-hybridized carbons (Fsp3) is 0.211. The van der Waals surface area contributed by atoms with E-state index in [1.807, 2.05) is 6.92 Å². The summed E-state index contributed by atoms with van der Waals surface area (Å²) in [5, 5.41) is 18.1. The van der Waals surface area contributed by atoms with Crippen molar-refractivity contribution in [2.45, 2.75) is 26.7 Å². The van der Waals surface area contributed by atoms with Gasteiger partial charge in [0, 0.05) is 25.1 Å². The van der Waals surface area contributed by atoms with E-state index in [1.165, 1.54) is 6.26 Å². The first kappa shape index (κ1) is 20.6. The van der Waals surface area contributed by atoms with E-state index < -0.39 is 11.8 Å². The summed E-state index contributed by atoms with van der Waals surface area (Å²) in [5.74, 6) is -0.256. The van der Waals surface area contributed by atoms with Gasteiger partial charge in [-0.3, -0.25) is 19.0 Å². The van der Waals surface area contributed by atoms with Gasteiger partial charge in [-0.15, -0.1) is 0 Å². The van der Waals surface area contributed by atoms with Gasteiger partial charge in [-0.2, -0.15) is 15.3 Å². The molecule has 11 nitrogen and oxygen atoms in total. The third kappa shape index (κ3) is 4.91. The van der Waals surface area contributed by atoms with Gasteiger partial charge in [0.15, 0.2) is 11.4 Å². The van der Waals surface area contributed by atoms with Crippen LogP contribution in [-0.2, 0) is 19.8 Å². The maximum Gasteiger partial charge on any atom is 0.276 e. The van der Waals surface area contributed by atoms with E-state index in [4.69, 9.17) is 4.42 Å². The van der Waals surface area contributed by atoms with Crippen LogP contribution in [-0.4, -0.2) is 41.2 Å². The fourth-order valence-electron chi connectivity index (χ4n) is 2.82. The van der Waals surface area contributed by atoms with Gasteiger partial charge in [-0.1, -0.05) is 0 Å². The SMILES string of the molecule is CCn1cc(NC(=O)c2ccn(Cn3cc(Br)cn3)n2)c(C(=O)NCc2ccco2)n1. The Bertz CT molecular complexity index is 1190. The van der Waals surface area contributed by atoms with Gasteiger partial charge in [-0.25, -0.2) is 4.68 Å². The predicted molar refractivity (Wildman–Crippen MR) is 113 cm³/mol. The number of nitrogens with zero attached hydrogens (tertiary/aromatic N) is 6. The minimum Gasteiger partial charge on any atom is -0.467 e. The van der Waals surface area contributed by atoms with E-state index in [9.17, 15) is 9.59 Å². The summed E-state index contributed by atoms with van der Waals surface area (Å²) in [6, 6.07) is 5.09. The molecule has 0 atom stereocenters. The summed E-state index contributed by atoms with van der Waals surface area (Å²) in [7, 11) is 0. The van der Waals surface area contributed by atoms with E-state index in [0.29, 0.717) is 24.7 Å².